The lowest BCUT2D eigenvalue weighted by atomic mass is 9.90. The Balaban J connectivity index is 1.43. The van der Waals surface area contributed by atoms with E-state index in [0.29, 0.717) is 18.1 Å². The molecule has 0 saturated carbocycles. The van der Waals surface area contributed by atoms with Crippen LogP contribution in [0.25, 0.3) is 11.1 Å². The summed E-state index contributed by atoms with van der Waals surface area (Å²) >= 11 is 6.37. The van der Waals surface area contributed by atoms with E-state index in [9.17, 15) is 9.59 Å². The van der Waals surface area contributed by atoms with Crippen LogP contribution in [0.3, 0.4) is 0 Å². The van der Waals surface area contributed by atoms with Crippen molar-refractivity contribution in [3.63, 3.8) is 0 Å². The molecule has 0 aliphatic carbocycles. The first-order valence-corrected chi connectivity index (χ1v) is 10.5. The summed E-state index contributed by atoms with van der Waals surface area (Å²) in [6, 6.07) is 0. The van der Waals surface area contributed by atoms with Gasteiger partial charge in [0.2, 0.25) is 11.8 Å². The van der Waals surface area contributed by atoms with Crippen LogP contribution in [0, 0.1) is 11.3 Å². The van der Waals surface area contributed by atoms with E-state index in [0.717, 1.165) is 49.2 Å². The number of piperidine rings is 1. The standard InChI is InChI=1S/C20H27ClN6O2/c1-13(28)25-6-4-5-14(10-25)7-18(29)23-27-11-16(19(21)24-27)15-9-22-26-12-20(2,3)8-17(15)26/h9,11,14H,4-8,10,12H2,1-3H3,(H,23,29)/t14-/m1/s1. The fourth-order valence-electron chi connectivity index (χ4n) is 4.42. The number of rotatable bonds is 4. The van der Waals surface area contributed by atoms with Gasteiger partial charge in [0, 0.05) is 49.8 Å². The Morgan fingerprint density at radius 3 is 2.90 bits per heavy atom. The maximum absolute atomic E-state index is 12.5. The van der Waals surface area contributed by atoms with Crippen LogP contribution in [0.15, 0.2) is 12.4 Å². The number of aromatic nitrogens is 4. The average Bonchev–Trinajstić information content (AvgIpc) is 3.26. The molecule has 2 aromatic heterocycles. The Hall–Kier alpha value is -2.35. The van der Waals surface area contributed by atoms with Gasteiger partial charge in [-0.2, -0.15) is 9.89 Å². The molecule has 4 rings (SSSR count). The van der Waals surface area contributed by atoms with Crippen LogP contribution in [-0.4, -0.2) is 49.5 Å². The quantitative estimate of drug-likeness (QED) is 0.827. The van der Waals surface area contributed by atoms with Crippen LogP contribution in [0.1, 0.15) is 45.7 Å². The van der Waals surface area contributed by atoms with Gasteiger partial charge in [0.05, 0.1) is 12.4 Å². The average molecular weight is 419 g/mol. The van der Waals surface area contributed by atoms with Crippen LogP contribution in [-0.2, 0) is 22.6 Å². The van der Waals surface area contributed by atoms with Gasteiger partial charge in [-0.3, -0.25) is 14.3 Å². The third-order valence-electron chi connectivity index (χ3n) is 5.81. The molecule has 8 nitrogen and oxygen atoms in total. The van der Waals surface area contributed by atoms with E-state index < -0.39 is 0 Å². The van der Waals surface area contributed by atoms with Crippen molar-refractivity contribution in [1.82, 2.24) is 24.6 Å². The smallest absolute Gasteiger partial charge is 0.240 e. The first-order valence-electron chi connectivity index (χ1n) is 10.1. The molecule has 0 unspecified atom stereocenters. The molecule has 0 spiro atoms. The van der Waals surface area contributed by atoms with Crippen molar-refractivity contribution in [3.05, 3.63) is 23.2 Å². The second-order valence-corrected chi connectivity index (χ2v) is 9.35. The van der Waals surface area contributed by atoms with Gasteiger partial charge in [0.1, 0.15) is 0 Å². The second-order valence-electron chi connectivity index (χ2n) is 8.99. The maximum atomic E-state index is 12.5. The van der Waals surface area contributed by atoms with E-state index in [1.807, 2.05) is 15.8 Å². The van der Waals surface area contributed by atoms with Crippen molar-refractivity contribution in [1.29, 1.82) is 0 Å². The highest BCUT2D eigenvalue weighted by molar-refractivity contribution is 6.32. The molecular weight excluding hydrogens is 392 g/mol. The highest BCUT2D eigenvalue weighted by Gasteiger charge is 2.32. The molecule has 1 fully saturated rings. The number of carbonyl (C=O) groups is 2. The van der Waals surface area contributed by atoms with Crippen LogP contribution < -0.4 is 5.43 Å². The molecule has 0 bridgehead atoms. The van der Waals surface area contributed by atoms with Crippen LogP contribution in [0.4, 0.5) is 0 Å². The number of hydrogen-bond donors (Lipinski definition) is 1. The number of nitrogens with zero attached hydrogens (tertiary/aromatic N) is 5. The number of halogens is 1. The molecule has 156 valence electrons. The zero-order valence-corrected chi connectivity index (χ0v) is 17.9. The number of nitrogens with one attached hydrogen (secondary N) is 1. The summed E-state index contributed by atoms with van der Waals surface area (Å²) in [5.41, 5.74) is 5.84. The van der Waals surface area contributed by atoms with Crippen LogP contribution >= 0.6 is 11.6 Å². The number of fused-ring (bicyclic) bond motifs is 1. The van der Waals surface area contributed by atoms with E-state index in [4.69, 9.17) is 11.6 Å². The van der Waals surface area contributed by atoms with Crippen LogP contribution in [0.5, 0.6) is 0 Å². The molecule has 1 atom stereocenters. The lowest BCUT2D eigenvalue weighted by molar-refractivity contribution is -0.131. The van der Waals surface area contributed by atoms with Crippen LogP contribution in [0.2, 0.25) is 5.15 Å². The number of carbonyl (C=O) groups excluding carboxylic acids is 2. The minimum Gasteiger partial charge on any atom is -0.343 e. The van der Waals surface area contributed by atoms with Crippen molar-refractivity contribution in [2.45, 2.75) is 53.0 Å². The number of likely N-dealkylation sites (tertiary alicyclic amines) is 1. The van der Waals surface area contributed by atoms with E-state index in [2.05, 4.69) is 29.5 Å². The predicted molar refractivity (Wildman–Crippen MR) is 110 cm³/mol. The number of amides is 2. The Kier molecular flexibility index (Phi) is 5.14. The van der Waals surface area contributed by atoms with Crippen molar-refractivity contribution < 1.29 is 9.59 Å². The Labute approximate surface area is 175 Å². The van der Waals surface area contributed by atoms with Gasteiger partial charge in [0.15, 0.2) is 5.15 Å². The summed E-state index contributed by atoms with van der Waals surface area (Å²) in [4.78, 5) is 27.3. The third-order valence-corrected chi connectivity index (χ3v) is 6.09. The normalized spacial score (nSPS) is 20.6. The van der Waals surface area contributed by atoms with Gasteiger partial charge in [-0.15, -0.1) is 5.10 Å². The van der Waals surface area contributed by atoms with Gasteiger partial charge >= 0.3 is 0 Å². The SMILES string of the molecule is CC(=O)N1CCC[C@H](CC(=O)Nn2cc(-c3cnn4c3CC(C)(C)C4)c(Cl)n2)C1. The predicted octanol–water partition coefficient (Wildman–Crippen LogP) is 2.70. The summed E-state index contributed by atoms with van der Waals surface area (Å²) in [6.07, 6.45) is 6.71. The highest BCUT2D eigenvalue weighted by Crippen LogP contribution is 2.38. The molecule has 1 saturated heterocycles. The van der Waals surface area contributed by atoms with Gasteiger partial charge in [-0.25, -0.2) is 5.43 Å². The van der Waals surface area contributed by atoms with Gasteiger partial charge < -0.3 is 4.90 Å². The Bertz CT molecular complexity index is 947. The topological polar surface area (TPSA) is 85.0 Å². The maximum Gasteiger partial charge on any atom is 0.240 e. The molecule has 2 aliphatic heterocycles. The lowest BCUT2D eigenvalue weighted by Gasteiger charge is -2.31. The molecule has 9 heteroatoms. The summed E-state index contributed by atoms with van der Waals surface area (Å²) in [5.74, 6) is 0.0994. The summed E-state index contributed by atoms with van der Waals surface area (Å²) in [5, 5.41) is 9.07. The van der Waals surface area contributed by atoms with Crippen molar-refractivity contribution >= 4 is 23.4 Å². The van der Waals surface area contributed by atoms with Crippen molar-refractivity contribution in [2.75, 3.05) is 18.5 Å². The summed E-state index contributed by atoms with van der Waals surface area (Å²) in [7, 11) is 0. The Morgan fingerprint density at radius 1 is 1.34 bits per heavy atom. The van der Waals surface area contributed by atoms with Gasteiger partial charge in [-0.1, -0.05) is 25.4 Å². The van der Waals surface area contributed by atoms with E-state index in [-0.39, 0.29) is 23.1 Å². The largest absolute Gasteiger partial charge is 0.343 e. The molecule has 29 heavy (non-hydrogen) atoms. The Morgan fingerprint density at radius 2 is 2.14 bits per heavy atom. The third kappa shape index (κ3) is 4.17. The monoisotopic (exact) mass is 418 g/mol. The zero-order chi connectivity index (χ0) is 20.8. The second kappa shape index (κ2) is 7.48. The molecule has 1 N–H and O–H groups in total. The zero-order valence-electron chi connectivity index (χ0n) is 17.1. The van der Waals surface area contributed by atoms with E-state index >= 15 is 0 Å². The summed E-state index contributed by atoms with van der Waals surface area (Å²) < 4.78 is 2.02. The van der Waals surface area contributed by atoms with Gasteiger partial charge in [-0.05, 0) is 30.6 Å². The molecule has 2 aliphatic rings. The van der Waals surface area contributed by atoms with Crippen molar-refractivity contribution in [3.8, 4) is 11.1 Å². The first kappa shape index (κ1) is 19.9. The number of hydrogen-bond acceptors (Lipinski definition) is 4. The molecular formula is C20H27ClN6O2. The van der Waals surface area contributed by atoms with Crippen molar-refractivity contribution in [2.24, 2.45) is 11.3 Å². The van der Waals surface area contributed by atoms with Gasteiger partial charge in [0.25, 0.3) is 0 Å². The molecule has 2 aromatic rings. The first-order chi connectivity index (χ1) is 13.7. The minimum absolute atomic E-state index is 0.0653. The highest BCUT2D eigenvalue weighted by atomic mass is 35.5. The lowest BCUT2D eigenvalue weighted by Crippen LogP contribution is -2.40. The molecule has 2 amide bonds. The minimum atomic E-state index is -0.132. The molecule has 0 radical (unpaired) electrons. The molecule has 0 aromatic carbocycles. The molecule has 4 heterocycles. The fraction of sp³-hybridized carbons (Fsp3) is 0.600. The summed E-state index contributed by atoms with van der Waals surface area (Å²) in [6.45, 7) is 8.29. The van der Waals surface area contributed by atoms with E-state index in [1.165, 1.54) is 4.79 Å². The van der Waals surface area contributed by atoms with E-state index in [1.54, 1.807) is 13.1 Å². The fourth-order valence-corrected chi connectivity index (χ4v) is 4.65.